The van der Waals surface area contributed by atoms with Crippen LogP contribution in [0.3, 0.4) is 0 Å². The molecule has 0 aliphatic carbocycles. The number of likely N-dealkylation sites (tertiary alicyclic amines) is 1. The predicted molar refractivity (Wildman–Crippen MR) is 84.0 cm³/mol. The standard InChI is InChI=1S/C17H27N3/c1-14-3-4-15(2)16(11-14)12-19-8-5-17(13-19)20-9-6-18-7-10-20/h3-4,11,17-18H,5-10,12-13H2,1-2H3. The van der Waals surface area contributed by atoms with E-state index in [1.807, 2.05) is 0 Å². The molecule has 2 aliphatic heterocycles. The molecule has 20 heavy (non-hydrogen) atoms. The van der Waals surface area contributed by atoms with Gasteiger partial charge >= 0.3 is 0 Å². The highest BCUT2D eigenvalue weighted by Gasteiger charge is 2.28. The van der Waals surface area contributed by atoms with Crippen molar-refractivity contribution in [2.45, 2.75) is 32.9 Å². The molecule has 2 heterocycles. The maximum atomic E-state index is 3.45. The van der Waals surface area contributed by atoms with Gasteiger partial charge in [-0.3, -0.25) is 9.80 Å². The van der Waals surface area contributed by atoms with Crippen LogP contribution < -0.4 is 5.32 Å². The molecular formula is C17H27N3. The number of rotatable bonds is 3. The van der Waals surface area contributed by atoms with Gasteiger partial charge in [0, 0.05) is 51.9 Å². The van der Waals surface area contributed by atoms with E-state index in [1.165, 1.54) is 49.3 Å². The Morgan fingerprint density at radius 3 is 2.75 bits per heavy atom. The summed E-state index contributed by atoms with van der Waals surface area (Å²) in [4.78, 5) is 5.31. The summed E-state index contributed by atoms with van der Waals surface area (Å²) in [6, 6.07) is 7.61. The molecule has 1 atom stereocenters. The van der Waals surface area contributed by atoms with Crippen LogP contribution in [0.15, 0.2) is 18.2 Å². The summed E-state index contributed by atoms with van der Waals surface area (Å²) in [5, 5.41) is 3.45. The van der Waals surface area contributed by atoms with E-state index in [9.17, 15) is 0 Å². The number of piperazine rings is 1. The van der Waals surface area contributed by atoms with Crippen molar-refractivity contribution in [3.63, 3.8) is 0 Å². The second kappa shape index (κ2) is 6.25. The van der Waals surface area contributed by atoms with Crippen molar-refractivity contribution >= 4 is 0 Å². The normalized spacial score (nSPS) is 25.2. The predicted octanol–water partition coefficient (Wildman–Crippen LogP) is 1.78. The molecule has 1 aromatic rings. The van der Waals surface area contributed by atoms with Gasteiger partial charge in [-0.05, 0) is 31.4 Å². The number of hydrogen-bond donors (Lipinski definition) is 1. The fourth-order valence-corrected chi connectivity index (χ4v) is 3.51. The largest absolute Gasteiger partial charge is 0.314 e. The van der Waals surface area contributed by atoms with Crippen LogP contribution in [0.25, 0.3) is 0 Å². The zero-order chi connectivity index (χ0) is 13.9. The van der Waals surface area contributed by atoms with Crippen molar-refractivity contribution < 1.29 is 0 Å². The van der Waals surface area contributed by atoms with Gasteiger partial charge in [0.05, 0.1) is 0 Å². The summed E-state index contributed by atoms with van der Waals surface area (Å²) in [6.07, 6.45) is 1.34. The smallest absolute Gasteiger partial charge is 0.0237 e. The van der Waals surface area contributed by atoms with Gasteiger partial charge in [0.2, 0.25) is 0 Å². The number of aryl methyl sites for hydroxylation is 2. The summed E-state index contributed by atoms with van der Waals surface area (Å²) >= 11 is 0. The lowest BCUT2D eigenvalue weighted by atomic mass is 10.1. The number of nitrogens with zero attached hydrogens (tertiary/aromatic N) is 2. The minimum absolute atomic E-state index is 0.780. The van der Waals surface area contributed by atoms with Gasteiger partial charge in [0.1, 0.15) is 0 Å². The van der Waals surface area contributed by atoms with Crippen LogP contribution in [0.1, 0.15) is 23.1 Å². The van der Waals surface area contributed by atoms with E-state index < -0.39 is 0 Å². The van der Waals surface area contributed by atoms with E-state index >= 15 is 0 Å². The van der Waals surface area contributed by atoms with Gasteiger partial charge in [0.15, 0.2) is 0 Å². The van der Waals surface area contributed by atoms with Crippen molar-refractivity contribution in [2.24, 2.45) is 0 Å². The lowest BCUT2D eigenvalue weighted by Crippen LogP contribution is -2.49. The van der Waals surface area contributed by atoms with E-state index in [-0.39, 0.29) is 0 Å². The summed E-state index contributed by atoms with van der Waals surface area (Å²) in [5.74, 6) is 0. The third kappa shape index (κ3) is 3.22. The van der Waals surface area contributed by atoms with Gasteiger partial charge in [-0.25, -0.2) is 0 Å². The maximum absolute atomic E-state index is 3.45. The highest BCUT2D eigenvalue weighted by molar-refractivity contribution is 5.30. The Morgan fingerprint density at radius 1 is 1.15 bits per heavy atom. The number of nitrogens with one attached hydrogen (secondary N) is 1. The highest BCUT2D eigenvalue weighted by Crippen LogP contribution is 2.20. The van der Waals surface area contributed by atoms with Crippen molar-refractivity contribution in [3.05, 3.63) is 34.9 Å². The molecule has 1 aromatic carbocycles. The average molecular weight is 273 g/mol. The molecule has 3 heteroatoms. The summed E-state index contributed by atoms with van der Waals surface area (Å²) in [6.45, 7) is 12.8. The molecule has 0 radical (unpaired) electrons. The average Bonchev–Trinajstić information content (AvgIpc) is 2.92. The van der Waals surface area contributed by atoms with Crippen LogP contribution in [0.5, 0.6) is 0 Å². The third-order valence-electron chi connectivity index (χ3n) is 4.81. The monoisotopic (exact) mass is 273 g/mol. The second-order valence-corrected chi connectivity index (χ2v) is 6.39. The van der Waals surface area contributed by atoms with Gasteiger partial charge in [-0.2, -0.15) is 0 Å². The van der Waals surface area contributed by atoms with Crippen molar-refractivity contribution in [1.82, 2.24) is 15.1 Å². The maximum Gasteiger partial charge on any atom is 0.0237 e. The molecule has 1 N–H and O–H groups in total. The second-order valence-electron chi connectivity index (χ2n) is 6.39. The lowest BCUT2D eigenvalue weighted by molar-refractivity contribution is 0.170. The first-order valence-corrected chi connectivity index (χ1v) is 7.95. The number of hydrogen-bond acceptors (Lipinski definition) is 3. The van der Waals surface area contributed by atoms with Gasteiger partial charge in [-0.1, -0.05) is 23.8 Å². The molecule has 1 unspecified atom stereocenters. The molecule has 2 fully saturated rings. The molecule has 3 rings (SSSR count). The Labute approximate surface area is 123 Å². The van der Waals surface area contributed by atoms with Gasteiger partial charge < -0.3 is 5.32 Å². The van der Waals surface area contributed by atoms with Crippen molar-refractivity contribution in [2.75, 3.05) is 39.3 Å². The Bertz CT molecular complexity index is 452. The molecule has 3 nitrogen and oxygen atoms in total. The fourth-order valence-electron chi connectivity index (χ4n) is 3.51. The first-order chi connectivity index (χ1) is 9.72. The molecule has 0 bridgehead atoms. The Morgan fingerprint density at radius 2 is 1.95 bits per heavy atom. The molecule has 2 aliphatic rings. The zero-order valence-electron chi connectivity index (χ0n) is 12.9. The van der Waals surface area contributed by atoms with Crippen molar-refractivity contribution in [1.29, 1.82) is 0 Å². The lowest BCUT2D eigenvalue weighted by Gasteiger charge is -2.32. The first-order valence-electron chi connectivity index (χ1n) is 7.95. The SMILES string of the molecule is Cc1ccc(C)c(CN2CCC(N3CCNCC3)C2)c1. The van der Waals surface area contributed by atoms with E-state index in [1.54, 1.807) is 0 Å². The highest BCUT2D eigenvalue weighted by atomic mass is 15.3. The quantitative estimate of drug-likeness (QED) is 0.906. The Balaban J connectivity index is 1.58. The minimum Gasteiger partial charge on any atom is -0.314 e. The zero-order valence-corrected chi connectivity index (χ0v) is 12.9. The summed E-state index contributed by atoms with van der Waals surface area (Å²) in [5.41, 5.74) is 4.32. The molecule has 0 aromatic heterocycles. The molecule has 110 valence electrons. The van der Waals surface area contributed by atoms with E-state index in [2.05, 4.69) is 47.2 Å². The molecular weight excluding hydrogens is 246 g/mol. The van der Waals surface area contributed by atoms with E-state index in [0.717, 1.165) is 25.7 Å². The van der Waals surface area contributed by atoms with Crippen LogP contribution in [-0.2, 0) is 6.54 Å². The first kappa shape index (κ1) is 14.1. The van der Waals surface area contributed by atoms with Crippen molar-refractivity contribution in [3.8, 4) is 0 Å². The molecule has 0 spiro atoms. The van der Waals surface area contributed by atoms with Crippen LogP contribution in [0, 0.1) is 13.8 Å². The van der Waals surface area contributed by atoms with Crippen LogP contribution in [0.4, 0.5) is 0 Å². The van der Waals surface area contributed by atoms with Gasteiger partial charge in [0.25, 0.3) is 0 Å². The topological polar surface area (TPSA) is 18.5 Å². The van der Waals surface area contributed by atoms with E-state index in [0.29, 0.717) is 0 Å². The number of benzene rings is 1. The summed E-state index contributed by atoms with van der Waals surface area (Å²) < 4.78 is 0. The Hall–Kier alpha value is -0.900. The summed E-state index contributed by atoms with van der Waals surface area (Å²) in [7, 11) is 0. The third-order valence-corrected chi connectivity index (χ3v) is 4.81. The molecule has 0 amide bonds. The van der Waals surface area contributed by atoms with E-state index in [4.69, 9.17) is 0 Å². The van der Waals surface area contributed by atoms with Crippen LogP contribution in [0.2, 0.25) is 0 Å². The minimum atomic E-state index is 0.780. The van der Waals surface area contributed by atoms with Crippen LogP contribution >= 0.6 is 0 Å². The van der Waals surface area contributed by atoms with Gasteiger partial charge in [-0.15, -0.1) is 0 Å². The fraction of sp³-hybridized carbons (Fsp3) is 0.647. The Kier molecular flexibility index (Phi) is 4.39. The molecule has 2 saturated heterocycles. The van der Waals surface area contributed by atoms with Crippen LogP contribution in [-0.4, -0.2) is 55.1 Å². The molecule has 0 saturated carbocycles.